The van der Waals surface area contributed by atoms with Crippen LogP contribution in [0, 0.1) is 17.1 Å². The number of halogens is 1. The van der Waals surface area contributed by atoms with E-state index in [1.54, 1.807) is 13.0 Å². The predicted octanol–water partition coefficient (Wildman–Crippen LogP) is 1.35. The molecule has 1 rings (SSSR count). The Kier molecular flexibility index (Phi) is 5.00. The van der Waals surface area contributed by atoms with E-state index in [0.29, 0.717) is 0 Å². The first-order chi connectivity index (χ1) is 8.84. The van der Waals surface area contributed by atoms with Gasteiger partial charge < -0.3 is 4.74 Å². The van der Waals surface area contributed by atoms with Crippen molar-refractivity contribution < 1.29 is 17.5 Å². The van der Waals surface area contributed by atoms with Gasteiger partial charge in [0, 0.05) is 20.2 Å². The molecule has 0 N–H and O–H groups in total. The molecule has 5 nitrogen and oxygen atoms in total. The van der Waals surface area contributed by atoms with Crippen molar-refractivity contribution in [3.63, 3.8) is 0 Å². The van der Waals surface area contributed by atoms with Crippen LogP contribution in [0.2, 0.25) is 0 Å². The van der Waals surface area contributed by atoms with Crippen LogP contribution in [-0.2, 0) is 14.8 Å². The molecule has 104 valence electrons. The highest BCUT2D eigenvalue weighted by Gasteiger charge is 2.26. The molecule has 0 bridgehead atoms. The zero-order valence-corrected chi connectivity index (χ0v) is 11.7. The minimum absolute atomic E-state index is 0.115. The zero-order valence-electron chi connectivity index (χ0n) is 10.9. The number of nitriles is 1. The molecule has 0 radical (unpaired) electrons. The van der Waals surface area contributed by atoms with E-state index in [-0.39, 0.29) is 23.1 Å². The number of rotatable bonds is 5. The molecule has 1 aromatic rings. The fourth-order valence-corrected chi connectivity index (χ4v) is 2.87. The lowest BCUT2D eigenvalue weighted by molar-refractivity contribution is 0.149. The number of sulfonamides is 1. The fourth-order valence-electron chi connectivity index (χ4n) is 1.50. The number of likely N-dealkylation sites (N-methyl/N-ethyl adjacent to an activating group) is 1. The van der Waals surface area contributed by atoms with Gasteiger partial charge in [0.25, 0.3) is 0 Å². The van der Waals surface area contributed by atoms with Crippen LogP contribution < -0.4 is 0 Å². The molecule has 0 heterocycles. The van der Waals surface area contributed by atoms with Crippen molar-refractivity contribution in [3.05, 3.63) is 29.6 Å². The van der Waals surface area contributed by atoms with Gasteiger partial charge in [-0.15, -0.1) is 0 Å². The van der Waals surface area contributed by atoms with E-state index in [9.17, 15) is 12.8 Å². The molecule has 7 heteroatoms. The lowest BCUT2D eigenvalue weighted by atomic mass is 10.2. The van der Waals surface area contributed by atoms with Crippen molar-refractivity contribution in [1.82, 2.24) is 4.31 Å². The number of nitrogens with zero attached hydrogens (tertiary/aromatic N) is 2. The molecule has 0 aliphatic carbocycles. The SMILES string of the molecule is COCC(C)N(C)S(=O)(=O)c1ccc(F)c(C#N)c1. The highest BCUT2D eigenvalue weighted by molar-refractivity contribution is 7.89. The standard InChI is InChI=1S/C12H15FN2O3S/c1-9(8-18-3)15(2)19(16,17)11-4-5-12(13)10(6-11)7-14/h4-6,9H,8H2,1-3H3. The number of hydrogen-bond donors (Lipinski definition) is 0. The summed E-state index contributed by atoms with van der Waals surface area (Å²) in [6, 6.07) is 4.39. The summed E-state index contributed by atoms with van der Waals surface area (Å²) in [7, 11) is -0.888. The van der Waals surface area contributed by atoms with Crippen molar-refractivity contribution in [2.75, 3.05) is 20.8 Å². The highest BCUT2D eigenvalue weighted by atomic mass is 32.2. The van der Waals surface area contributed by atoms with Gasteiger partial charge in [-0.25, -0.2) is 12.8 Å². The minimum Gasteiger partial charge on any atom is -0.383 e. The first-order valence-corrected chi connectivity index (χ1v) is 6.95. The topological polar surface area (TPSA) is 70.4 Å². The average Bonchev–Trinajstić information content (AvgIpc) is 2.38. The van der Waals surface area contributed by atoms with Crippen LogP contribution in [0.5, 0.6) is 0 Å². The second kappa shape index (κ2) is 6.10. The van der Waals surface area contributed by atoms with Gasteiger partial charge in [-0.05, 0) is 25.1 Å². The second-order valence-electron chi connectivity index (χ2n) is 4.08. The molecular weight excluding hydrogens is 271 g/mol. The molecule has 1 atom stereocenters. The Labute approximate surface area is 112 Å². The van der Waals surface area contributed by atoms with E-state index < -0.39 is 15.8 Å². The summed E-state index contributed by atoms with van der Waals surface area (Å²) in [5.41, 5.74) is -0.297. The van der Waals surface area contributed by atoms with Gasteiger partial charge in [0.2, 0.25) is 10.0 Å². The largest absolute Gasteiger partial charge is 0.383 e. The zero-order chi connectivity index (χ0) is 14.6. The van der Waals surface area contributed by atoms with Crippen LogP contribution in [0.1, 0.15) is 12.5 Å². The number of methoxy groups -OCH3 is 1. The van der Waals surface area contributed by atoms with Crippen molar-refractivity contribution in [2.45, 2.75) is 17.9 Å². The molecule has 0 aliphatic rings. The Morgan fingerprint density at radius 3 is 2.68 bits per heavy atom. The Balaban J connectivity index is 3.17. The van der Waals surface area contributed by atoms with Gasteiger partial charge in [0.05, 0.1) is 17.1 Å². The van der Waals surface area contributed by atoms with E-state index in [2.05, 4.69) is 0 Å². The van der Waals surface area contributed by atoms with Gasteiger partial charge in [-0.3, -0.25) is 0 Å². The van der Waals surface area contributed by atoms with Crippen molar-refractivity contribution in [1.29, 1.82) is 5.26 Å². The van der Waals surface area contributed by atoms with Gasteiger partial charge in [-0.1, -0.05) is 0 Å². The van der Waals surface area contributed by atoms with E-state index in [0.717, 1.165) is 22.5 Å². The summed E-state index contributed by atoms with van der Waals surface area (Å²) >= 11 is 0. The van der Waals surface area contributed by atoms with Crippen molar-refractivity contribution in [2.24, 2.45) is 0 Å². The first kappa shape index (κ1) is 15.6. The maximum absolute atomic E-state index is 13.2. The van der Waals surface area contributed by atoms with Gasteiger partial charge >= 0.3 is 0 Å². The third-order valence-corrected chi connectivity index (χ3v) is 4.73. The smallest absolute Gasteiger partial charge is 0.243 e. The normalized spacial score (nSPS) is 13.3. The van der Waals surface area contributed by atoms with Gasteiger partial charge in [-0.2, -0.15) is 9.57 Å². The number of hydrogen-bond acceptors (Lipinski definition) is 4. The fraction of sp³-hybridized carbons (Fsp3) is 0.417. The van der Waals surface area contributed by atoms with Crippen LogP contribution in [0.4, 0.5) is 4.39 Å². The number of ether oxygens (including phenoxy) is 1. The maximum Gasteiger partial charge on any atom is 0.243 e. The highest BCUT2D eigenvalue weighted by Crippen LogP contribution is 2.19. The summed E-state index contributed by atoms with van der Waals surface area (Å²) in [6.07, 6.45) is 0. The Hall–Kier alpha value is -1.49. The summed E-state index contributed by atoms with van der Waals surface area (Å²) in [5.74, 6) is -0.742. The monoisotopic (exact) mass is 286 g/mol. The van der Waals surface area contributed by atoms with E-state index in [1.165, 1.54) is 14.2 Å². The molecule has 1 aromatic carbocycles. The van der Waals surface area contributed by atoms with Gasteiger partial charge in [0.1, 0.15) is 11.9 Å². The minimum atomic E-state index is -3.77. The quantitative estimate of drug-likeness (QED) is 0.819. The third-order valence-electron chi connectivity index (χ3n) is 2.76. The van der Waals surface area contributed by atoms with Crippen LogP contribution >= 0.6 is 0 Å². The molecule has 0 spiro atoms. The summed E-state index contributed by atoms with van der Waals surface area (Å²) in [6.45, 7) is 1.93. The lowest BCUT2D eigenvalue weighted by Gasteiger charge is -2.23. The van der Waals surface area contributed by atoms with Crippen LogP contribution in [-0.4, -0.2) is 39.5 Å². The Morgan fingerprint density at radius 2 is 2.16 bits per heavy atom. The molecular formula is C12H15FN2O3S. The molecule has 0 amide bonds. The average molecular weight is 286 g/mol. The molecule has 0 fully saturated rings. The van der Waals surface area contributed by atoms with Gasteiger partial charge in [0.15, 0.2) is 0 Å². The Bertz CT molecular complexity index is 595. The lowest BCUT2D eigenvalue weighted by Crippen LogP contribution is -2.37. The molecule has 0 aromatic heterocycles. The molecule has 0 saturated heterocycles. The summed E-state index contributed by atoms with van der Waals surface area (Å²) < 4.78 is 43.8. The molecule has 1 unspecified atom stereocenters. The van der Waals surface area contributed by atoms with E-state index in [4.69, 9.17) is 10.00 Å². The Morgan fingerprint density at radius 1 is 1.53 bits per heavy atom. The predicted molar refractivity (Wildman–Crippen MR) is 67.4 cm³/mol. The molecule has 19 heavy (non-hydrogen) atoms. The summed E-state index contributed by atoms with van der Waals surface area (Å²) in [4.78, 5) is -0.115. The molecule has 0 aliphatic heterocycles. The second-order valence-corrected chi connectivity index (χ2v) is 6.08. The van der Waals surface area contributed by atoms with Crippen molar-refractivity contribution >= 4 is 10.0 Å². The maximum atomic E-state index is 13.2. The van der Waals surface area contributed by atoms with Crippen LogP contribution in [0.25, 0.3) is 0 Å². The third kappa shape index (κ3) is 3.29. The molecule has 0 saturated carbocycles. The van der Waals surface area contributed by atoms with Crippen LogP contribution in [0.15, 0.2) is 23.1 Å². The van der Waals surface area contributed by atoms with Crippen LogP contribution in [0.3, 0.4) is 0 Å². The number of benzene rings is 1. The van der Waals surface area contributed by atoms with E-state index in [1.807, 2.05) is 0 Å². The van der Waals surface area contributed by atoms with E-state index >= 15 is 0 Å². The first-order valence-electron chi connectivity index (χ1n) is 5.51. The summed E-state index contributed by atoms with van der Waals surface area (Å²) in [5, 5.41) is 8.72. The van der Waals surface area contributed by atoms with Crippen molar-refractivity contribution in [3.8, 4) is 6.07 Å².